The maximum absolute atomic E-state index is 9.95. The van der Waals surface area contributed by atoms with Crippen LogP contribution >= 0.6 is 15.9 Å². The Hall–Kier alpha value is -1.81. The molecule has 0 fully saturated rings. The van der Waals surface area contributed by atoms with E-state index in [1.54, 1.807) is 6.21 Å². The van der Waals surface area contributed by atoms with Gasteiger partial charge in [0.05, 0.1) is 16.4 Å². The second-order valence-electron chi connectivity index (χ2n) is 4.11. The Labute approximate surface area is 121 Å². The summed E-state index contributed by atoms with van der Waals surface area (Å²) < 4.78 is 0.688. The molecule has 2 rings (SSSR count). The first kappa shape index (κ1) is 13.6. The first-order valence-electron chi connectivity index (χ1n) is 6.06. The van der Waals surface area contributed by atoms with Crippen LogP contribution in [-0.2, 0) is 6.42 Å². The second-order valence-corrected chi connectivity index (χ2v) is 4.96. The van der Waals surface area contributed by atoms with Crippen LogP contribution in [-0.4, -0.2) is 11.3 Å². The molecule has 19 heavy (non-hydrogen) atoms. The van der Waals surface area contributed by atoms with Crippen molar-refractivity contribution in [1.29, 1.82) is 0 Å². The highest BCUT2D eigenvalue weighted by Gasteiger charge is 2.05. The van der Waals surface area contributed by atoms with Gasteiger partial charge in [-0.1, -0.05) is 25.1 Å². The van der Waals surface area contributed by atoms with E-state index in [2.05, 4.69) is 33.4 Å². The standard InChI is InChI=1S/C15H15BrN2O/c1-2-11-8-12(15(19)14(16)9-11)10-17-18-13-6-4-3-5-7-13/h3-10,18-19H,2H2,1H3. The van der Waals surface area contributed by atoms with E-state index >= 15 is 0 Å². The molecule has 0 aliphatic rings. The van der Waals surface area contributed by atoms with Crippen LogP contribution in [0.25, 0.3) is 0 Å². The molecule has 2 aromatic rings. The lowest BCUT2D eigenvalue weighted by molar-refractivity contribution is 0.471. The largest absolute Gasteiger partial charge is 0.506 e. The van der Waals surface area contributed by atoms with Crippen molar-refractivity contribution in [2.75, 3.05) is 5.43 Å². The van der Waals surface area contributed by atoms with Crippen molar-refractivity contribution in [3.8, 4) is 5.75 Å². The minimum Gasteiger partial charge on any atom is -0.506 e. The number of nitrogens with one attached hydrogen (secondary N) is 1. The van der Waals surface area contributed by atoms with Gasteiger partial charge in [0.1, 0.15) is 5.75 Å². The zero-order chi connectivity index (χ0) is 13.7. The third-order valence-corrected chi connectivity index (χ3v) is 3.34. The maximum atomic E-state index is 9.95. The molecule has 0 atom stereocenters. The maximum Gasteiger partial charge on any atom is 0.138 e. The van der Waals surface area contributed by atoms with Crippen LogP contribution in [0.15, 0.2) is 52.0 Å². The van der Waals surface area contributed by atoms with Gasteiger partial charge in [-0.15, -0.1) is 0 Å². The van der Waals surface area contributed by atoms with Gasteiger partial charge < -0.3 is 5.11 Å². The van der Waals surface area contributed by atoms with Crippen molar-refractivity contribution in [3.05, 3.63) is 58.1 Å². The summed E-state index contributed by atoms with van der Waals surface area (Å²) in [7, 11) is 0. The molecule has 0 aliphatic carbocycles. The molecule has 0 saturated carbocycles. The summed E-state index contributed by atoms with van der Waals surface area (Å²) in [6.45, 7) is 2.07. The summed E-state index contributed by atoms with van der Waals surface area (Å²) in [4.78, 5) is 0. The number of rotatable bonds is 4. The first-order chi connectivity index (χ1) is 9.20. The van der Waals surface area contributed by atoms with Crippen LogP contribution in [0.4, 0.5) is 5.69 Å². The monoisotopic (exact) mass is 318 g/mol. The van der Waals surface area contributed by atoms with Gasteiger partial charge >= 0.3 is 0 Å². The fraction of sp³-hybridized carbons (Fsp3) is 0.133. The Morgan fingerprint density at radius 2 is 2.00 bits per heavy atom. The fourth-order valence-corrected chi connectivity index (χ4v) is 2.19. The zero-order valence-corrected chi connectivity index (χ0v) is 12.2. The molecule has 0 saturated heterocycles. The Kier molecular flexibility index (Phi) is 4.58. The normalized spacial score (nSPS) is 10.8. The minimum absolute atomic E-state index is 0.204. The van der Waals surface area contributed by atoms with E-state index in [-0.39, 0.29) is 5.75 Å². The third kappa shape index (κ3) is 3.58. The number of hydrazone groups is 1. The zero-order valence-electron chi connectivity index (χ0n) is 10.6. The predicted octanol–water partition coefficient (Wildman–Crippen LogP) is 4.16. The number of para-hydroxylation sites is 1. The predicted molar refractivity (Wildman–Crippen MR) is 82.8 cm³/mol. The molecular formula is C15H15BrN2O. The SMILES string of the molecule is CCc1cc(Br)c(O)c(C=NNc2ccccc2)c1. The molecule has 3 nitrogen and oxygen atoms in total. The quantitative estimate of drug-likeness (QED) is 0.656. The van der Waals surface area contributed by atoms with Gasteiger partial charge in [-0.3, -0.25) is 5.43 Å². The van der Waals surface area contributed by atoms with Crippen LogP contribution in [0, 0.1) is 0 Å². The highest BCUT2D eigenvalue weighted by molar-refractivity contribution is 9.10. The van der Waals surface area contributed by atoms with E-state index in [9.17, 15) is 5.11 Å². The van der Waals surface area contributed by atoms with Crippen molar-refractivity contribution in [3.63, 3.8) is 0 Å². The molecule has 0 unspecified atom stereocenters. The molecule has 0 bridgehead atoms. The molecule has 0 aromatic heterocycles. The third-order valence-electron chi connectivity index (χ3n) is 2.73. The van der Waals surface area contributed by atoms with Crippen LogP contribution in [0.2, 0.25) is 0 Å². The summed E-state index contributed by atoms with van der Waals surface area (Å²) in [5.41, 5.74) is 5.66. The van der Waals surface area contributed by atoms with E-state index in [1.807, 2.05) is 42.5 Å². The van der Waals surface area contributed by atoms with Crippen molar-refractivity contribution >= 4 is 27.8 Å². The molecule has 0 amide bonds. The van der Waals surface area contributed by atoms with Crippen LogP contribution < -0.4 is 5.43 Å². The minimum atomic E-state index is 0.204. The van der Waals surface area contributed by atoms with Crippen molar-refractivity contribution in [2.45, 2.75) is 13.3 Å². The number of phenols is 1. The Morgan fingerprint density at radius 3 is 2.68 bits per heavy atom. The van der Waals surface area contributed by atoms with Crippen LogP contribution in [0.1, 0.15) is 18.1 Å². The Bertz CT molecular complexity index is 582. The summed E-state index contributed by atoms with van der Waals surface area (Å²) in [6, 6.07) is 13.5. The molecule has 0 aliphatic heterocycles. The van der Waals surface area contributed by atoms with E-state index in [0.29, 0.717) is 10.0 Å². The lowest BCUT2D eigenvalue weighted by Crippen LogP contribution is -1.93. The number of anilines is 1. The molecule has 2 N–H and O–H groups in total. The van der Waals surface area contributed by atoms with Gasteiger partial charge in [0.25, 0.3) is 0 Å². The molecule has 0 radical (unpaired) electrons. The first-order valence-corrected chi connectivity index (χ1v) is 6.85. The van der Waals surface area contributed by atoms with E-state index in [1.165, 1.54) is 0 Å². The van der Waals surface area contributed by atoms with Crippen LogP contribution in [0.3, 0.4) is 0 Å². The number of halogens is 1. The molecule has 2 aromatic carbocycles. The average molecular weight is 319 g/mol. The highest BCUT2D eigenvalue weighted by atomic mass is 79.9. The summed E-state index contributed by atoms with van der Waals surface area (Å²) in [5.74, 6) is 0.204. The topological polar surface area (TPSA) is 44.6 Å². The van der Waals surface area contributed by atoms with Gasteiger partial charge in [-0.25, -0.2) is 0 Å². The fourth-order valence-electron chi connectivity index (χ4n) is 1.67. The van der Waals surface area contributed by atoms with Gasteiger partial charge in [0.2, 0.25) is 0 Å². The lowest BCUT2D eigenvalue weighted by atomic mass is 10.1. The lowest BCUT2D eigenvalue weighted by Gasteiger charge is -2.05. The summed E-state index contributed by atoms with van der Waals surface area (Å²) in [5, 5.41) is 14.1. The number of hydrogen-bond donors (Lipinski definition) is 2. The van der Waals surface area contributed by atoms with E-state index in [4.69, 9.17) is 0 Å². The number of aryl methyl sites for hydroxylation is 1. The number of phenolic OH excluding ortho intramolecular Hbond substituents is 1. The van der Waals surface area contributed by atoms with Gasteiger partial charge in [-0.05, 0) is 52.2 Å². The highest BCUT2D eigenvalue weighted by Crippen LogP contribution is 2.28. The van der Waals surface area contributed by atoms with E-state index < -0.39 is 0 Å². The summed E-state index contributed by atoms with van der Waals surface area (Å²) in [6.07, 6.45) is 2.53. The summed E-state index contributed by atoms with van der Waals surface area (Å²) >= 11 is 3.34. The number of benzene rings is 2. The molecule has 0 heterocycles. The molecule has 4 heteroatoms. The van der Waals surface area contributed by atoms with Crippen molar-refractivity contribution in [2.24, 2.45) is 5.10 Å². The average Bonchev–Trinajstić information content (AvgIpc) is 2.44. The Balaban J connectivity index is 2.16. The second kappa shape index (κ2) is 6.38. The molecule has 98 valence electrons. The number of aromatic hydroxyl groups is 1. The van der Waals surface area contributed by atoms with Crippen LogP contribution in [0.5, 0.6) is 5.75 Å². The number of hydrogen-bond acceptors (Lipinski definition) is 3. The van der Waals surface area contributed by atoms with Crippen molar-refractivity contribution < 1.29 is 5.11 Å². The molecule has 0 spiro atoms. The van der Waals surface area contributed by atoms with Gasteiger partial charge in [0.15, 0.2) is 0 Å². The number of nitrogens with zero attached hydrogens (tertiary/aromatic N) is 1. The smallest absolute Gasteiger partial charge is 0.138 e. The van der Waals surface area contributed by atoms with E-state index in [0.717, 1.165) is 17.7 Å². The van der Waals surface area contributed by atoms with Gasteiger partial charge in [0, 0.05) is 5.56 Å². The van der Waals surface area contributed by atoms with Gasteiger partial charge in [-0.2, -0.15) is 5.10 Å². The van der Waals surface area contributed by atoms with Crippen molar-refractivity contribution in [1.82, 2.24) is 0 Å². The Morgan fingerprint density at radius 1 is 1.26 bits per heavy atom. The molecular weight excluding hydrogens is 304 g/mol.